The van der Waals surface area contributed by atoms with E-state index in [1.54, 1.807) is 31.4 Å². The average Bonchev–Trinajstić information content (AvgIpc) is 2.90. The summed E-state index contributed by atoms with van der Waals surface area (Å²) in [4.78, 5) is 12.5. The number of allylic oxidation sites excluding steroid dienone is 2. The molecule has 1 aliphatic heterocycles. The van der Waals surface area contributed by atoms with Gasteiger partial charge < -0.3 is 14.2 Å². The highest BCUT2D eigenvalue weighted by Crippen LogP contribution is 2.35. The summed E-state index contributed by atoms with van der Waals surface area (Å²) in [5, 5.41) is 0. The van der Waals surface area contributed by atoms with Gasteiger partial charge in [-0.15, -0.1) is 0 Å². The summed E-state index contributed by atoms with van der Waals surface area (Å²) >= 11 is 0. The van der Waals surface area contributed by atoms with E-state index in [9.17, 15) is 4.79 Å². The van der Waals surface area contributed by atoms with E-state index in [0.29, 0.717) is 29.4 Å². The van der Waals surface area contributed by atoms with E-state index in [1.165, 1.54) is 5.57 Å². The van der Waals surface area contributed by atoms with Crippen LogP contribution in [0.4, 0.5) is 0 Å². The van der Waals surface area contributed by atoms with Crippen LogP contribution in [-0.4, -0.2) is 19.5 Å². The van der Waals surface area contributed by atoms with E-state index >= 15 is 0 Å². The minimum absolute atomic E-state index is 0.123. The normalized spacial score (nSPS) is 14.0. The molecule has 0 aliphatic carbocycles. The number of ketones is 1. The van der Waals surface area contributed by atoms with Gasteiger partial charge in [-0.25, -0.2) is 0 Å². The van der Waals surface area contributed by atoms with Crippen LogP contribution in [0.2, 0.25) is 0 Å². The van der Waals surface area contributed by atoms with Crippen molar-refractivity contribution < 1.29 is 19.0 Å². The fourth-order valence-electron chi connectivity index (χ4n) is 2.41. The van der Waals surface area contributed by atoms with Crippen LogP contribution in [0.5, 0.6) is 17.2 Å². The Balaban J connectivity index is 1.77. The number of hydrogen-bond donors (Lipinski definition) is 0. The second kappa shape index (κ2) is 7.26. The Morgan fingerprint density at radius 3 is 2.48 bits per heavy atom. The topological polar surface area (TPSA) is 44.8 Å². The predicted octanol–water partition coefficient (Wildman–Crippen LogP) is 4.66. The third-order valence-corrected chi connectivity index (χ3v) is 3.80. The van der Waals surface area contributed by atoms with Crippen molar-refractivity contribution in [2.45, 2.75) is 13.8 Å². The second-order valence-electron chi connectivity index (χ2n) is 5.96. The molecule has 4 heteroatoms. The molecule has 2 aromatic rings. The maximum Gasteiger partial charge on any atom is 0.231 e. The molecule has 2 aromatic carbocycles. The number of ether oxygens (including phenoxy) is 3. The zero-order valence-corrected chi connectivity index (χ0v) is 14.5. The van der Waals surface area contributed by atoms with Crippen molar-refractivity contribution in [3.8, 4) is 17.2 Å². The summed E-state index contributed by atoms with van der Waals surface area (Å²) in [5.41, 5.74) is 2.61. The molecular formula is C21H20O4. The van der Waals surface area contributed by atoms with Crippen molar-refractivity contribution >= 4 is 11.9 Å². The summed E-state index contributed by atoms with van der Waals surface area (Å²) in [6, 6.07) is 12.7. The van der Waals surface area contributed by atoms with Gasteiger partial charge in [0.1, 0.15) is 23.9 Å². The van der Waals surface area contributed by atoms with Crippen LogP contribution in [0.25, 0.3) is 6.08 Å². The zero-order valence-electron chi connectivity index (χ0n) is 14.5. The molecule has 0 N–H and O–H groups in total. The molecule has 0 spiro atoms. The lowest BCUT2D eigenvalue weighted by molar-refractivity contribution is 0.101. The van der Waals surface area contributed by atoms with Crippen LogP contribution in [0, 0.1) is 0 Å². The number of fused-ring (bicyclic) bond motifs is 1. The Kier molecular flexibility index (Phi) is 4.89. The maximum absolute atomic E-state index is 12.5. The van der Waals surface area contributed by atoms with Gasteiger partial charge >= 0.3 is 0 Å². The smallest absolute Gasteiger partial charge is 0.231 e. The molecule has 0 amide bonds. The monoisotopic (exact) mass is 336 g/mol. The van der Waals surface area contributed by atoms with Gasteiger partial charge in [0.2, 0.25) is 5.78 Å². The summed E-state index contributed by atoms with van der Waals surface area (Å²) in [6.07, 6.45) is 3.72. The van der Waals surface area contributed by atoms with E-state index in [4.69, 9.17) is 14.2 Å². The number of rotatable bonds is 5. The van der Waals surface area contributed by atoms with Gasteiger partial charge in [0.05, 0.1) is 12.7 Å². The summed E-state index contributed by atoms with van der Waals surface area (Å²) < 4.78 is 16.5. The molecule has 0 unspecified atom stereocenters. The number of benzene rings is 2. The highest BCUT2D eigenvalue weighted by molar-refractivity contribution is 6.14. The minimum Gasteiger partial charge on any atom is -0.497 e. The lowest BCUT2D eigenvalue weighted by atomic mass is 10.1. The number of carbonyl (C=O) groups is 1. The van der Waals surface area contributed by atoms with E-state index in [0.717, 1.165) is 11.3 Å². The first kappa shape index (κ1) is 16.8. The van der Waals surface area contributed by atoms with Crippen LogP contribution in [0.15, 0.2) is 59.9 Å². The standard InChI is InChI=1S/C21H20O4/c1-14(2)10-11-24-17-8-9-18-19(13-17)25-20(21(18)22)12-15-4-6-16(23-3)7-5-15/h4-10,12-13H,11H2,1-3H3/b20-12+. The molecule has 0 aromatic heterocycles. The van der Waals surface area contributed by atoms with Crippen molar-refractivity contribution in [1.29, 1.82) is 0 Å². The zero-order chi connectivity index (χ0) is 17.8. The average molecular weight is 336 g/mol. The van der Waals surface area contributed by atoms with E-state index in [2.05, 4.69) is 0 Å². The Labute approximate surface area is 147 Å². The molecule has 0 saturated heterocycles. The third kappa shape index (κ3) is 3.91. The van der Waals surface area contributed by atoms with Crippen molar-refractivity contribution in [2.75, 3.05) is 13.7 Å². The fraction of sp³-hybridized carbons (Fsp3) is 0.190. The van der Waals surface area contributed by atoms with Crippen LogP contribution < -0.4 is 14.2 Å². The highest BCUT2D eigenvalue weighted by Gasteiger charge is 2.27. The number of carbonyl (C=O) groups excluding carboxylic acids is 1. The van der Waals surface area contributed by atoms with Crippen LogP contribution in [-0.2, 0) is 0 Å². The first-order chi connectivity index (χ1) is 12.1. The molecule has 128 valence electrons. The van der Waals surface area contributed by atoms with E-state index < -0.39 is 0 Å². The van der Waals surface area contributed by atoms with Gasteiger partial charge in [-0.3, -0.25) is 4.79 Å². The third-order valence-electron chi connectivity index (χ3n) is 3.80. The van der Waals surface area contributed by atoms with Crippen LogP contribution in [0.3, 0.4) is 0 Å². The molecule has 25 heavy (non-hydrogen) atoms. The van der Waals surface area contributed by atoms with E-state index in [1.807, 2.05) is 44.2 Å². The quantitative estimate of drug-likeness (QED) is 0.588. The molecule has 0 fully saturated rings. The summed E-state index contributed by atoms with van der Waals surface area (Å²) in [5.74, 6) is 2.15. The van der Waals surface area contributed by atoms with E-state index in [-0.39, 0.29) is 5.78 Å². The summed E-state index contributed by atoms with van der Waals surface area (Å²) in [6.45, 7) is 4.53. The van der Waals surface area contributed by atoms with Crippen molar-refractivity contribution in [2.24, 2.45) is 0 Å². The van der Waals surface area contributed by atoms with Crippen molar-refractivity contribution in [3.63, 3.8) is 0 Å². The molecule has 1 heterocycles. The van der Waals surface area contributed by atoms with Crippen LogP contribution >= 0.6 is 0 Å². The molecule has 1 aliphatic rings. The lowest BCUT2D eigenvalue weighted by Gasteiger charge is -2.05. The summed E-state index contributed by atoms with van der Waals surface area (Å²) in [7, 11) is 1.62. The van der Waals surface area contributed by atoms with Crippen molar-refractivity contribution in [1.82, 2.24) is 0 Å². The highest BCUT2D eigenvalue weighted by atomic mass is 16.5. The van der Waals surface area contributed by atoms with Gasteiger partial charge in [-0.2, -0.15) is 0 Å². The van der Waals surface area contributed by atoms with Gasteiger partial charge in [0, 0.05) is 6.07 Å². The van der Waals surface area contributed by atoms with Gasteiger partial charge in [0.15, 0.2) is 5.76 Å². The second-order valence-corrected chi connectivity index (χ2v) is 5.96. The first-order valence-corrected chi connectivity index (χ1v) is 8.05. The Hall–Kier alpha value is -3.01. The van der Waals surface area contributed by atoms with Crippen LogP contribution in [0.1, 0.15) is 29.8 Å². The molecular weight excluding hydrogens is 316 g/mol. The molecule has 0 radical (unpaired) electrons. The Bertz CT molecular complexity index is 841. The number of methoxy groups -OCH3 is 1. The predicted molar refractivity (Wildman–Crippen MR) is 97.3 cm³/mol. The fourth-order valence-corrected chi connectivity index (χ4v) is 2.41. The Morgan fingerprint density at radius 2 is 1.80 bits per heavy atom. The minimum atomic E-state index is -0.123. The molecule has 0 atom stereocenters. The van der Waals surface area contributed by atoms with Crippen molar-refractivity contribution in [3.05, 3.63) is 71.0 Å². The molecule has 0 saturated carbocycles. The number of hydrogen-bond acceptors (Lipinski definition) is 4. The van der Waals surface area contributed by atoms with Gasteiger partial charge in [-0.05, 0) is 55.8 Å². The largest absolute Gasteiger partial charge is 0.497 e. The Morgan fingerprint density at radius 1 is 1.08 bits per heavy atom. The van der Waals surface area contributed by atoms with Gasteiger partial charge in [-0.1, -0.05) is 17.7 Å². The molecule has 3 rings (SSSR count). The first-order valence-electron chi connectivity index (χ1n) is 8.05. The lowest BCUT2D eigenvalue weighted by Crippen LogP contribution is -1.98. The molecule has 0 bridgehead atoms. The van der Waals surface area contributed by atoms with Gasteiger partial charge in [0.25, 0.3) is 0 Å². The SMILES string of the molecule is COc1ccc(/C=C2/Oc3cc(OCC=C(C)C)ccc3C2=O)cc1. The molecule has 4 nitrogen and oxygen atoms in total. The maximum atomic E-state index is 12.5. The number of Topliss-reactive ketones (excluding diaryl/α,β-unsaturated/α-hetero) is 1.